The van der Waals surface area contributed by atoms with Gasteiger partial charge in [0.1, 0.15) is 0 Å². The Balaban J connectivity index is 2.59. The molecule has 1 rings (SSSR count). The maximum atomic E-state index is 10.4. The Morgan fingerprint density at radius 1 is 1.71 bits per heavy atom. The average Bonchev–Trinajstić information content (AvgIpc) is 2.14. The highest BCUT2D eigenvalue weighted by Gasteiger charge is 2.12. The Labute approximate surface area is 84.2 Å². The topological polar surface area (TPSA) is 67.5 Å². The molecular weight excluding hydrogens is 178 g/mol. The molecule has 0 aromatic rings. The van der Waals surface area contributed by atoms with Crippen LogP contribution in [0.3, 0.4) is 0 Å². The summed E-state index contributed by atoms with van der Waals surface area (Å²) in [6.07, 6.45) is 5.55. The number of rotatable bonds is 2. The molecule has 1 atom stereocenters. The summed E-state index contributed by atoms with van der Waals surface area (Å²) >= 11 is 0. The molecule has 0 aromatic carbocycles. The minimum atomic E-state index is -0.617. The molecule has 0 radical (unpaired) electrons. The van der Waals surface area contributed by atoms with Gasteiger partial charge in [0.2, 0.25) is 0 Å². The highest BCUT2D eigenvalue weighted by molar-refractivity contribution is 5.98. The molecule has 4 nitrogen and oxygen atoms in total. The summed E-state index contributed by atoms with van der Waals surface area (Å²) in [4.78, 5) is 10.4. The van der Waals surface area contributed by atoms with Crippen molar-refractivity contribution in [2.24, 2.45) is 16.8 Å². The number of nitrogens with two attached hydrogens (primary N) is 1. The molecule has 1 aliphatic carbocycles. The van der Waals surface area contributed by atoms with Gasteiger partial charge in [-0.15, -0.1) is 0 Å². The molecule has 0 saturated carbocycles. The first-order valence-electron chi connectivity index (χ1n) is 4.88. The van der Waals surface area contributed by atoms with Crippen LogP contribution in [0.25, 0.3) is 0 Å². The molecule has 1 unspecified atom stereocenters. The Bertz CT molecular complexity index is 281. The van der Waals surface area contributed by atoms with Gasteiger partial charge in [0.15, 0.2) is 0 Å². The molecule has 0 heterocycles. The Hall–Kier alpha value is -1.32. The Morgan fingerprint density at radius 2 is 2.43 bits per heavy atom. The summed E-state index contributed by atoms with van der Waals surface area (Å²) in [5.74, 6) is 0.703. The van der Waals surface area contributed by atoms with Gasteiger partial charge in [0.05, 0.1) is 5.71 Å². The normalized spacial score (nSPS) is 22.9. The van der Waals surface area contributed by atoms with Crippen LogP contribution in [0.5, 0.6) is 0 Å². The van der Waals surface area contributed by atoms with E-state index in [0.29, 0.717) is 5.92 Å². The minimum Gasteiger partial charge on any atom is -0.350 e. The summed E-state index contributed by atoms with van der Waals surface area (Å²) in [7, 11) is 0. The number of carbonyl (C=O) groups excluding carboxylic acids is 1. The molecule has 0 aliphatic heterocycles. The number of hydrogen-bond acceptors (Lipinski definition) is 2. The van der Waals surface area contributed by atoms with Gasteiger partial charge >= 0.3 is 6.03 Å². The fraction of sp³-hybridized carbons (Fsp3) is 0.600. The van der Waals surface area contributed by atoms with Gasteiger partial charge in [0.25, 0.3) is 0 Å². The van der Waals surface area contributed by atoms with Crippen molar-refractivity contribution in [1.82, 2.24) is 5.43 Å². The highest BCUT2D eigenvalue weighted by Crippen LogP contribution is 2.23. The van der Waals surface area contributed by atoms with Gasteiger partial charge in [-0.1, -0.05) is 13.0 Å². The fourth-order valence-electron chi connectivity index (χ4n) is 1.61. The van der Waals surface area contributed by atoms with E-state index in [0.717, 1.165) is 18.6 Å². The maximum Gasteiger partial charge on any atom is 0.332 e. The maximum absolute atomic E-state index is 10.4. The van der Waals surface area contributed by atoms with E-state index >= 15 is 0 Å². The number of nitrogens with zero attached hydrogens (tertiary/aromatic N) is 1. The number of hydrogen-bond donors (Lipinski definition) is 2. The lowest BCUT2D eigenvalue weighted by Gasteiger charge is -2.18. The van der Waals surface area contributed by atoms with Crippen LogP contribution in [0, 0.1) is 5.92 Å². The molecule has 0 spiro atoms. The van der Waals surface area contributed by atoms with Crippen molar-refractivity contribution in [3.05, 3.63) is 11.6 Å². The fourth-order valence-corrected chi connectivity index (χ4v) is 1.61. The van der Waals surface area contributed by atoms with Crippen molar-refractivity contribution in [3.8, 4) is 0 Å². The summed E-state index contributed by atoms with van der Waals surface area (Å²) in [6, 6.07) is -0.617. The number of carbonyl (C=O) groups is 1. The molecule has 0 bridgehead atoms. The number of allylic oxidation sites excluding steroid dienone is 2. The first-order valence-corrected chi connectivity index (χ1v) is 4.88. The van der Waals surface area contributed by atoms with Gasteiger partial charge in [-0.3, -0.25) is 0 Å². The standard InChI is InChI=1S/C10H17N3O/c1-7-4-3-5-9(6-7)8(2)12-13-10(11)14/h5,7H,3-4,6H2,1-2H3,(H3,11,13,14)/b12-8-. The average molecular weight is 195 g/mol. The molecule has 2 amide bonds. The zero-order valence-electron chi connectivity index (χ0n) is 8.71. The van der Waals surface area contributed by atoms with E-state index in [1.807, 2.05) is 6.92 Å². The van der Waals surface area contributed by atoms with Crippen molar-refractivity contribution < 1.29 is 4.79 Å². The Kier molecular flexibility index (Phi) is 3.68. The third-order valence-electron chi connectivity index (χ3n) is 2.42. The van der Waals surface area contributed by atoms with E-state index in [2.05, 4.69) is 23.5 Å². The Morgan fingerprint density at radius 3 is 3.00 bits per heavy atom. The van der Waals surface area contributed by atoms with Crippen molar-refractivity contribution in [3.63, 3.8) is 0 Å². The molecule has 78 valence electrons. The third kappa shape index (κ3) is 3.20. The van der Waals surface area contributed by atoms with E-state index in [-0.39, 0.29) is 0 Å². The predicted molar refractivity (Wildman–Crippen MR) is 56.9 cm³/mol. The van der Waals surface area contributed by atoms with Crippen LogP contribution in [-0.4, -0.2) is 11.7 Å². The van der Waals surface area contributed by atoms with Crippen molar-refractivity contribution >= 4 is 11.7 Å². The second-order valence-corrected chi connectivity index (χ2v) is 3.79. The smallest absolute Gasteiger partial charge is 0.332 e. The SMILES string of the molecule is C/C(=N/NC(N)=O)C1=CCCC(C)C1. The molecule has 3 N–H and O–H groups in total. The first kappa shape index (κ1) is 10.8. The number of urea groups is 1. The second-order valence-electron chi connectivity index (χ2n) is 3.79. The van der Waals surface area contributed by atoms with Crippen LogP contribution in [0.1, 0.15) is 33.1 Å². The third-order valence-corrected chi connectivity index (χ3v) is 2.42. The monoisotopic (exact) mass is 195 g/mol. The van der Waals surface area contributed by atoms with Gasteiger partial charge in [-0.05, 0) is 37.7 Å². The van der Waals surface area contributed by atoms with E-state index in [1.165, 1.54) is 12.0 Å². The van der Waals surface area contributed by atoms with Gasteiger partial charge in [-0.25, -0.2) is 10.2 Å². The molecule has 14 heavy (non-hydrogen) atoms. The van der Waals surface area contributed by atoms with Gasteiger partial charge in [0, 0.05) is 0 Å². The number of nitrogens with one attached hydrogen (secondary N) is 1. The van der Waals surface area contributed by atoms with Crippen LogP contribution in [0.2, 0.25) is 0 Å². The van der Waals surface area contributed by atoms with E-state index < -0.39 is 6.03 Å². The van der Waals surface area contributed by atoms with Crippen molar-refractivity contribution in [1.29, 1.82) is 0 Å². The molecule has 0 saturated heterocycles. The summed E-state index contributed by atoms with van der Waals surface area (Å²) in [5.41, 5.74) is 9.24. The van der Waals surface area contributed by atoms with Crippen LogP contribution < -0.4 is 11.2 Å². The van der Waals surface area contributed by atoms with Crippen LogP contribution in [0.15, 0.2) is 16.8 Å². The number of amides is 2. The van der Waals surface area contributed by atoms with Gasteiger partial charge < -0.3 is 5.73 Å². The van der Waals surface area contributed by atoms with E-state index in [9.17, 15) is 4.79 Å². The zero-order chi connectivity index (χ0) is 10.6. The van der Waals surface area contributed by atoms with Crippen LogP contribution in [0.4, 0.5) is 4.79 Å². The molecule has 1 aliphatic rings. The van der Waals surface area contributed by atoms with E-state index in [4.69, 9.17) is 5.73 Å². The largest absolute Gasteiger partial charge is 0.350 e. The van der Waals surface area contributed by atoms with E-state index in [1.54, 1.807) is 0 Å². The lowest BCUT2D eigenvalue weighted by Crippen LogP contribution is -2.26. The molecule has 4 heteroatoms. The highest BCUT2D eigenvalue weighted by atomic mass is 16.2. The lowest BCUT2D eigenvalue weighted by molar-refractivity contribution is 0.249. The van der Waals surface area contributed by atoms with Crippen LogP contribution in [-0.2, 0) is 0 Å². The second kappa shape index (κ2) is 4.79. The first-order chi connectivity index (χ1) is 6.59. The lowest BCUT2D eigenvalue weighted by atomic mass is 9.88. The number of hydrazone groups is 1. The number of primary amides is 1. The van der Waals surface area contributed by atoms with Gasteiger partial charge in [-0.2, -0.15) is 5.10 Å². The summed E-state index contributed by atoms with van der Waals surface area (Å²) in [5, 5.41) is 3.91. The summed E-state index contributed by atoms with van der Waals surface area (Å²) in [6.45, 7) is 4.11. The zero-order valence-corrected chi connectivity index (χ0v) is 8.71. The summed E-state index contributed by atoms with van der Waals surface area (Å²) < 4.78 is 0. The predicted octanol–water partition coefficient (Wildman–Crippen LogP) is 1.78. The quantitative estimate of drug-likeness (QED) is 0.512. The minimum absolute atomic E-state index is 0.617. The molecular formula is C10H17N3O. The molecule has 0 fully saturated rings. The van der Waals surface area contributed by atoms with Crippen LogP contribution >= 0.6 is 0 Å². The van der Waals surface area contributed by atoms with Crippen molar-refractivity contribution in [2.45, 2.75) is 33.1 Å². The van der Waals surface area contributed by atoms with Crippen molar-refractivity contribution in [2.75, 3.05) is 0 Å². The molecule has 0 aromatic heterocycles.